The van der Waals surface area contributed by atoms with E-state index in [2.05, 4.69) is 21.8 Å². The minimum absolute atomic E-state index is 0.122. The second kappa shape index (κ2) is 8.22. The third kappa shape index (κ3) is 3.39. The number of aryl methyl sites for hydroxylation is 1. The Bertz CT molecular complexity index is 1200. The predicted octanol–water partition coefficient (Wildman–Crippen LogP) is 6.28. The minimum Gasteiger partial charge on any atom is -0.484 e. The number of thioether (sulfide) groups is 1. The van der Waals surface area contributed by atoms with E-state index in [1.165, 1.54) is 12.1 Å². The van der Waals surface area contributed by atoms with Gasteiger partial charge in [0.2, 0.25) is 5.95 Å². The number of hydrogen-bond donors (Lipinski definition) is 0. The van der Waals surface area contributed by atoms with Crippen molar-refractivity contribution in [1.82, 2.24) is 9.97 Å². The van der Waals surface area contributed by atoms with Gasteiger partial charge < -0.3 is 9.64 Å². The van der Waals surface area contributed by atoms with E-state index in [0.29, 0.717) is 11.5 Å². The van der Waals surface area contributed by atoms with Gasteiger partial charge in [-0.15, -0.1) is 11.8 Å². The largest absolute Gasteiger partial charge is 0.484 e. The topological polar surface area (TPSA) is 38.0 Å². The lowest BCUT2D eigenvalue weighted by Gasteiger charge is -2.42. The highest BCUT2D eigenvalue weighted by Crippen LogP contribution is 2.65. The third-order valence-electron chi connectivity index (χ3n) is 7.92. The Balaban J connectivity index is 1.20. The van der Waals surface area contributed by atoms with Crippen LogP contribution in [0.5, 0.6) is 5.75 Å². The number of hydrogen-bond acceptors (Lipinski definition) is 5. The van der Waals surface area contributed by atoms with Gasteiger partial charge in [-0.1, -0.05) is 19.1 Å². The summed E-state index contributed by atoms with van der Waals surface area (Å²) in [6.07, 6.45) is 10.2. The number of ether oxygens (including phenoxy) is 1. The highest BCUT2D eigenvalue weighted by atomic mass is 32.2. The normalized spacial score (nSPS) is 26.9. The van der Waals surface area contributed by atoms with Crippen LogP contribution in [0.2, 0.25) is 0 Å². The molecule has 0 bridgehead atoms. The maximum Gasteiger partial charge on any atom is 0.226 e. The van der Waals surface area contributed by atoms with Gasteiger partial charge in [-0.05, 0) is 78.8 Å². The lowest BCUT2D eigenvalue weighted by Crippen LogP contribution is -2.46. The number of aromatic nitrogens is 2. The molecule has 3 fully saturated rings. The molecule has 4 unspecified atom stereocenters. The third-order valence-corrected chi connectivity index (χ3v) is 8.67. The molecule has 1 saturated heterocycles. The van der Waals surface area contributed by atoms with Crippen molar-refractivity contribution in [3.63, 3.8) is 0 Å². The summed E-state index contributed by atoms with van der Waals surface area (Å²) in [6.45, 7) is 2.09. The SMILES string of the molecule is CCc1cnc(N2C3CC(Oc4c(F)cc(-c5ccc(SC)cc5)cc4F)CC4CCC432)nc1. The molecular formula is C27H27F2N3OS. The van der Waals surface area contributed by atoms with E-state index in [0.717, 1.165) is 54.1 Å². The van der Waals surface area contributed by atoms with Gasteiger partial charge in [-0.2, -0.15) is 0 Å². The van der Waals surface area contributed by atoms with Crippen LogP contribution in [0, 0.1) is 17.6 Å². The average molecular weight is 480 g/mol. The number of nitrogens with zero attached hydrogens (tertiary/aromatic N) is 3. The molecule has 0 amide bonds. The van der Waals surface area contributed by atoms with Gasteiger partial charge in [0.1, 0.15) is 6.10 Å². The zero-order valence-corrected chi connectivity index (χ0v) is 20.1. The molecule has 0 radical (unpaired) electrons. The number of anilines is 1. The summed E-state index contributed by atoms with van der Waals surface area (Å²) < 4.78 is 36.0. The molecule has 2 saturated carbocycles. The molecule has 34 heavy (non-hydrogen) atoms. The quantitative estimate of drug-likeness (QED) is 0.307. The number of halogens is 2. The molecule has 2 aromatic carbocycles. The highest BCUT2D eigenvalue weighted by Gasteiger charge is 2.74. The van der Waals surface area contributed by atoms with E-state index in [4.69, 9.17) is 4.74 Å². The lowest BCUT2D eigenvalue weighted by atomic mass is 9.64. The summed E-state index contributed by atoms with van der Waals surface area (Å²) in [4.78, 5) is 12.6. The van der Waals surface area contributed by atoms with Gasteiger partial charge in [-0.25, -0.2) is 18.7 Å². The molecule has 0 N–H and O–H groups in total. The van der Waals surface area contributed by atoms with Crippen LogP contribution in [0.15, 0.2) is 53.7 Å². The van der Waals surface area contributed by atoms with E-state index in [9.17, 15) is 0 Å². The monoisotopic (exact) mass is 479 g/mol. The summed E-state index contributed by atoms with van der Waals surface area (Å²) in [5.41, 5.74) is 2.53. The van der Waals surface area contributed by atoms with E-state index in [1.807, 2.05) is 42.9 Å². The van der Waals surface area contributed by atoms with Gasteiger partial charge in [0.15, 0.2) is 17.4 Å². The maximum atomic E-state index is 15.0. The van der Waals surface area contributed by atoms with Crippen molar-refractivity contribution >= 4 is 17.7 Å². The Morgan fingerprint density at radius 2 is 1.76 bits per heavy atom. The smallest absolute Gasteiger partial charge is 0.226 e. The van der Waals surface area contributed by atoms with Crippen molar-refractivity contribution in [2.24, 2.45) is 5.92 Å². The molecule has 2 aliphatic carbocycles. The molecule has 4 atom stereocenters. The van der Waals surface area contributed by atoms with Gasteiger partial charge in [0.05, 0.1) is 11.6 Å². The van der Waals surface area contributed by atoms with Crippen LogP contribution >= 0.6 is 11.8 Å². The van der Waals surface area contributed by atoms with E-state index >= 15 is 8.78 Å². The first-order chi connectivity index (χ1) is 16.5. The first kappa shape index (κ1) is 21.8. The van der Waals surface area contributed by atoms with Gasteiger partial charge in [0.25, 0.3) is 0 Å². The Morgan fingerprint density at radius 3 is 2.35 bits per heavy atom. The van der Waals surface area contributed by atoms with Crippen LogP contribution in [0.25, 0.3) is 11.1 Å². The zero-order chi connectivity index (χ0) is 23.4. The van der Waals surface area contributed by atoms with Crippen LogP contribution in [0.3, 0.4) is 0 Å². The molecule has 176 valence electrons. The van der Waals surface area contributed by atoms with Gasteiger partial charge in [0, 0.05) is 23.7 Å². The number of benzene rings is 2. The predicted molar refractivity (Wildman–Crippen MR) is 130 cm³/mol. The van der Waals surface area contributed by atoms with Crippen molar-refractivity contribution in [2.45, 2.75) is 61.6 Å². The number of rotatable bonds is 6. The van der Waals surface area contributed by atoms with Crippen molar-refractivity contribution in [2.75, 3.05) is 11.2 Å². The summed E-state index contributed by atoms with van der Waals surface area (Å²) in [6, 6.07) is 10.7. The summed E-state index contributed by atoms with van der Waals surface area (Å²) in [5, 5.41) is 0. The van der Waals surface area contributed by atoms with Crippen LogP contribution in [0.4, 0.5) is 14.7 Å². The minimum atomic E-state index is -0.652. The van der Waals surface area contributed by atoms with Crippen LogP contribution in [0.1, 0.15) is 38.2 Å². The summed E-state index contributed by atoms with van der Waals surface area (Å²) >= 11 is 1.63. The van der Waals surface area contributed by atoms with Crippen molar-refractivity contribution in [1.29, 1.82) is 0 Å². The van der Waals surface area contributed by atoms with Crippen LogP contribution < -0.4 is 9.64 Å². The Hall–Kier alpha value is -2.67. The molecule has 3 aliphatic rings. The van der Waals surface area contributed by atoms with Crippen molar-refractivity contribution in [3.8, 4) is 16.9 Å². The van der Waals surface area contributed by atoms with Gasteiger partial charge in [-0.3, -0.25) is 0 Å². The second-order valence-corrected chi connectivity index (χ2v) is 10.4. The Labute approximate surface area is 202 Å². The summed E-state index contributed by atoms with van der Waals surface area (Å²) in [7, 11) is 0. The first-order valence-corrected chi connectivity index (χ1v) is 13.2. The lowest BCUT2D eigenvalue weighted by molar-refractivity contribution is 0.0682. The van der Waals surface area contributed by atoms with Crippen molar-refractivity contribution < 1.29 is 13.5 Å². The fraction of sp³-hybridized carbons (Fsp3) is 0.407. The standard InChI is InChI=1S/C27H27F2N3OS/c1-3-16-14-30-26(31-15-16)32-24-13-20(12-19-8-9-27(19,24)32)33-25-22(28)10-18(11-23(25)29)17-4-6-21(34-2)7-5-17/h4-7,10-11,14-15,19-20,24H,3,8-9,12-13H2,1-2H3. The van der Waals surface area contributed by atoms with E-state index in [1.54, 1.807) is 11.8 Å². The van der Waals surface area contributed by atoms with Crippen LogP contribution in [-0.2, 0) is 6.42 Å². The Morgan fingerprint density at radius 1 is 1.06 bits per heavy atom. The molecule has 4 nitrogen and oxygen atoms in total. The molecular weight excluding hydrogens is 452 g/mol. The average Bonchev–Trinajstić information content (AvgIpc) is 3.55. The molecule has 1 spiro atoms. The fourth-order valence-electron chi connectivity index (χ4n) is 5.97. The van der Waals surface area contributed by atoms with Crippen LogP contribution in [-0.4, -0.2) is 33.9 Å². The molecule has 7 heteroatoms. The fourth-order valence-corrected chi connectivity index (χ4v) is 6.38. The molecule has 1 aromatic heterocycles. The Kier molecular flexibility index (Phi) is 5.28. The first-order valence-electron chi connectivity index (χ1n) is 11.9. The van der Waals surface area contributed by atoms with E-state index in [-0.39, 0.29) is 23.4 Å². The molecule has 1 aliphatic heterocycles. The second-order valence-electron chi connectivity index (χ2n) is 9.57. The zero-order valence-electron chi connectivity index (χ0n) is 19.3. The summed E-state index contributed by atoms with van der Waals surface area (Å²) in [5.74, 6) is -0.356. The highest BCUT2D eigenvalue weighted by molar-refractivity contribution is 7.98. The van der Waals surface area contributed by atoms with Crippen molar-refractivity contribution in [3.05, 3.63) is 66.0 Å². The molecule has 6 rings (SSSR count). The maximum absolute atomic E-state index is 15.0. The molecule has 3 aromatic rings. The molecule has 2 heterocycles. The van der Waals surface area contributed by atoms with Gasteiger partial charge >= 0.3 is 0 Å². The van der Waals surface area contributed by atoms with E-state index < -0.39 is 11.6 Å².